The topological polar surface area (TPSA) is 213 Å². The van der Waals surface area contributed by atoms with Gasteiger partial charge in [-0.05, 0) is 61.5 Å². The Hall–Kier alpha value is -3.93. The van der Waals surface area contributed by atoms with E-state index in [1.165, 1.54) is 24.3 Å². The molecule has 0 aliphatic heterocycles. The Morgan fingerprint density at radius 1 is 0.538 bits per heavy atom. The number of hydrogen-bond donors (Lipinski definition) is 3. The Morgan fingerprint density at radius 3 is 1.49 bits per heavy atom. The van der Waals surface area contributed by atoms with Crippen LogP contribution in [0.2, 0.25) is 0 Å². The zero-order valence-electron chi connectivity index (χ0n) is 19.7. The number of nitrogens with zero attached hydrogens (tertiary/aromatic N) is 4. The predicted molar refractivity (Wildman–Crippen MR) is 139 cm³/mol. The summed E-state index contributed by atoms with van der Waals surface area (Å²) in [6.07, 6.45) is 0. The fourth-order valence-electron chi connectivity index (χ4n) is 3.47. The van der Waals surface area contributed by atoms with E-state index in [4.69, 9.17) is 0 Å². The fraction of sp³-hybridized carbons (Fsp3) is 0.0435. The van der Waals surface area contributed by atoms with Crippen LogP contribution < -0.4 is 0 Å². The van der Waals surface area contributed by atoms with Gasteiger partial charge in [-0.15, -0.1) is 5.11 Å². The second kappa shape index (κ2) is 10.3. The maximum Gasteiger partial charge on any atom is 0.297 e. The molecule has 0 aliphatic carbocycles. The third-order valence-corrected chi connectivity index (χ3v) is 7.96. The Labute approximate surface area is 222 Å². The lowest BCUT2D eigenvalue weighted by Gasteiger charge is -2.11. The second-order valence-electron chi connectivity index (χ2n) is 8.11. The zero-order valence-corrected chi connectivity index (χ0v) is 22.2. The summed E-state index contributed by atoms with van der Waals surface area (Å²) < 4.78 is 100. The van der Waals surface area contributed by atoms with Gasteiger partial charge in [-0.1, -0.05) is 23.8 Å². The number of aryl methyl sites for hydroxylation is 1. The molecule has 3 N–H and O–H groups in total. The largest absolute Gasteiger partial charge is 0.297 e. The van der Waals surface area contributed by atoms with Gasteiger partial charge in [-0.2, -0.15) is 40.6 Å². The van der Waals surface area contributed by atoms with Crippen molar-refractivity contribution in [1.82, 2.24) is 0 Å². The Balaban J connectivity index is 1.79. The first kappa shape index (κ1) is 28.1. The molecule has 0 bridgehead atoms. The van der Waals surface area contributed by atoms with E-state index < -0.39 is 61.5 Å². The third kappa shape index (κ3) is 6.56. The van der Waals surface area contributed by atoms with Crippen molar-refractivity contribution < 1.29 is 38.9 Å². The molecule has 4 aromatic carbocycles. The Morgan fingerprint density at radius 2 is 1.03 bits per heavy atom. The van der Waals surface area contributed by atoms with Gasteiger partial charge in [-0.3, -0.25) is 13.7 Å². The van der Waals surface area contributed by atoms with Crippen LogP contribution in [0, 0.1) is 6.92 Å². The lowest BCUT2D eigenvalue weighted by molar-refractivity contribution is 0.479. The van der Waals surface area contributed by atoms with Gasteiger partial charge < -0.3 is 0 Å². The molecule has 0 amide bonds. The molecule has 0 saturated carbocycles. The highest BCUT2D eigenvalue weighted by Crippen LogP contribution is 2.39. The fourth-order valence-corrected chi connectivity index (χ4v) is 5.51. The van der Waals surface area contributed by atoms with E-state index in [1.807, 2.05) is 19.1 Å². The lowest BCUT2D eigenvalue weighted by Crippen LogP contribution is -2.06. The van der Waals surface area contributed by atoms with Crippen LogP contribution >= 0.6 is 0 Å². The number of azo groups is 2. The van der Waals surface area contributed by atoms with Gasteiger partial charge in [0.15, 0.2) is 0 Å². The van der Waals surface area contributed by atoms with E-state index in [0.717, 1.165) is 17.7 Å². The molecule has 39 heavy (non-hydrogen) atoms. The zero-order chi connectivity index (χ0) is 28.6. The van der Waals surface area contributed by atoms with Crippen LogP contribution in [0.25, 0.3) is 10.8 Å². The number of fused-ring (bicyclic) bond motifs is 1. The van der Waals surface area contributed by atoms with Crippen LogP contribution in [0.15, 0.2) is 108 Å². The molecule has 0 fully saturated rings. The van der Waals surface area contributed by atoms with Crippen molar-refractivity contribution in [1.29, 1.82) is 0 Å². The van der Waals surface area contributed by atoms with E-state index in [-0.39, 0.29) is 5.69 Å². The number of benzene rings is 4. The molecule has 0 aromatic heterocycles. The van der Waals surface area contributed by atoms with Gasteiger partial charge in [-0.25, -0.2) is 0 Å². The van der Waals surface area contributed by atoms with Gasteiger partial charge in [0.05, 0.1) is 22.0 Å². The second-order valence-corrected chi connectivity index (χ2v) is 12.3. The van der Waals surface area contributed by atoms with Crippen molar-refractivity contribution in [3.05, 3.63) is 78.4 Å². The average Bonchev–Trinajstić information content (AvgIpc) is 2.85. The Bertz CT molecular complexity index is 1970. The molecular formula is C23H18N4O9S3. The van der Waals surface area contributed by atoms with Crippen LogP contribution in [0.4, 0.5) is 22.7 Å². The minimum absolute atomic E-state index is 0.181. The van der Waals surface area contributed by atoms with Gasteiger partial charge in [0, 0.05) is 10.8 Å². The predicted octanol–water partition coefficient (Wildman–Crippen LogP) is 5.72. The quantitative estimate of drug-likeness (QED) is 0.177. The summed E-state index contributed by atoms with van der Waals surface area (Å²) in [6.45, 7) is 1.94. The van der Waals surface area contributed by atoms with Crippen molar-refractivity contribution in [2.45, 2.75) is 21.6 Å². The summed E-state index contributed by atoms with van der Waals surface area (Å²) >= 11 is 0. The summed E-state index contributed by atoms with van der Waals surface area (Å²) in [5.41, 5.74) is 1.68. The highest BCUT2D eigenvalue weighted by atomic mass is 32.2. The van der Waals surface area contributed by atoms with Crippen LogP contribution in [0.1, 0.15) is 5.56 Å². The third-order valence-electron chi connectivity index (χ3n) is 5.27. The molecule has 4 aromatic rings. The van der Waals surface area contributed by atoms with Crippen LogP contribution in [-0.4, -0.2) is 38.9 Å². The van der Waals surface area contributed by atoms with Gasteiger partial charge in [0.25, 0.3) is 30.4 Å². The molecule has 0 heterocycles. The van der Waals surface area contributed by atoms with Gasteiger partial charge in [0.1, 0.15) is 15.5 Å². The summed E-state index contributed by atoms with van der Waals surface area (Å²) in [6, 6.07) is 16.2. The van der Waals surface area contributed by atoms with Crippen LogP contribution in [-0.2, 0) is 30.4 Å². The van der Waals surface area contributed by atoms with E-state index in [2.05, 4.69) is 20.5 Å². The summed E-state index contributed by atoms with van der Waals surface area (Å²) in [7, 11) is -15.0. The minimum atomic E-state index is -5.09. The minimum Gasteiger partial charge on any atom is -0.282 e. The number of rotatable bonds is 7. The van der Waals surface area contributed by atoms with E-state index in [0.29, 0.717) is 23.5 Å². The summed E-state index contributed by atoms with van der Waals surface area (Å²) in [5, 5.41) is 14.7. The molecule has 0 unspecified atom stereocenters. The van der Waals surface area contributed by atoms with E-state index >= 15 is 0 Å². The highest BCUT2D eigenvalue weighted by molar-refractivity contribution is 7.87. The molecule has 4 rings (SSSR count). The van der Waals surface area contributed by atoms with Gasteiger partial charge >= 0.3 is 0 Å². The van der Waals surface area contributed by atoms with Crippen molar-refractivity contribution in [2.24, 2.45) is 20.5 Å². The SMILES string of the molecule is Cc1ccc(N=Nc2ccc(N=Nc3cc(S(=O)(=O)O)c4cc(S(=O)(=O)O)ccc4c3S(=O)(=O)O)cc2)cc1. The normalized spacial score (nSPS) is 13.0. The number of hydrogen-bond acceptors (Lipinski definition) is 10. The summed E-state index contributed by atoms with van der Waals surface area (Å²) in [5.74, 6) is 0. The molecule has 16 heteroatoms. The first-order valence-electron chi connectivity index (χ1n) is 10.7. The first-order chi connectivity index (χ1) is 18.1. The standard InChI is InChI=1S/C23H18N4O9S3/c1-14-2-4-15(5-3-14)24-25-16-6-8-17(9-7-16)26-27-21-13-22(38(31,32)33)20-12-18(37(28,29)30)10-11-19(20)23(21)39(34,35)36/h2-13H,1H3,(H,28,29,30)(H,31,32,33)(H,34,35,36). The van der Waals surface area contributed by atoms with E-state index in [9.17, 15) is 38.9 Å². The first-order valence-corrected chi connectivity index (χ1v) is 15.0. The van der Waals surface area contributed by atoms with Gasteiger partial charge in [0.2, 0.25) is 0 Å². The molecule has 202 valence electrons. The average molecular weight is 591 g/mol. The molecule has 0 atom stereocenters. The molecule has 0 radical (unpaired) electrons. The van der Waals surface area contributed by atoms with Crippen LogP contribution in [0.3, 0.4) is 0 Å². The molecule has 13 nitrogen and oxygen atoms in total. The maximum absolute atomic E-state index is 12.2. The monoisotopic (exact) mass is 590 g/mol. The summed E-state index contributed by atoms with van der Waals surface area (Å²) in [4.78, 5) is -2.62. The Kier molecular flexibility index (Phi) is 7.44. The van der Waals surface area contributed by atoms with Crippen molar-refractivity contribution in [3.63, 3.8) is 0 Å². The molecular weight excluding hydrogens is 572 g/mol. The molecule has 0 aliphatic rings. The van der Waals surface area contributed by atoms with Crippen molar-refractivity contribution in [2.75, 3.05) is 0 Å². The molecule has 0 spiro atoms. The van der Waals surface area contributed by atoms with Crippen molar-refractivity contribution in [3.8, 4) is 0 Å². The van der Waals surface area contributed by atoms with E-state index in [1.54, 1.807) is 12.1 Å². The molecule has 0 saturated heterocycles. The van der Waals surface area contributed by atoms with Crippen molar-refractivity contribution >= 4 is 63.9 Å². The highest BCUT2D eigenvalue weighted by Gasteiger charge is 2.27. The maximum atomic E-state index is 12.2. The smallest absolute Gasteiger partial charge is 0.282 e. The lowest BCUT2D eigenvalue weighted by atomic mass is 10.1. The van der Waals surface area contributed by atoms with Crippen LogP contribution in [0.5, 0.6) is 0 Å².